The SMILES string of the molecule is CCNCc1cc(OC)c(OCC)c(OC)c1. The molecule has 0 spiro atoms. The lowest BCUT2D eigenvalue weighted by atomic mass is 10.2. The van der Waals surface area contributed by atoms with Crippen LogP contribution in [-0.4, -0.2) is 27.4 Å². The Bertz CT molecular complexity index is 328. The number of nitrogens with one attached hydrogen (secondary N) is 1. The summed E-state index contributed by atoms with van der Waals surface area (Å²) < 4.78 is 16.2. The van der Waals surface area contributed by atoms with Gasteiger partial charge >= 0.3 is 0 Å². The van der Waals surface area contributed by atoms with Crippen molar-refractivity contribution in [2.24, 2.45) is 0 Å². The van der Waals surface area contributed by atoms with Gasteiger partial charge in [0.25, 0.3) is 0 Å². The first kappa shape index (κ1) is 13.6. The van der Waals surface area contributed by atoms with Gasteiger partial charge in [-0.05, 0) is 31.2 Å². The van der Waals surface area contributed by atoms with E-state index in [0.29, 0.717) is 23.9 Å². The maximum atomic E-state index is 5.54. The van der Waals surface area contributed by atoms with Crippen molar-refractivity contribution in [2.45, 2.75) is 20.4 Å². The number of rotatable bonds is 7. The van der Waals surface area contributed by atoms with Gasteiger partial charge < -0.3 is 19.5 Å². The second-order valence-electron chi connectivity index (χ2n) is 3.54. The number of hydrogen-bond acceptors (Lipinski definition) is 4. The van der Waals surface area contributed by atoms with Crippen molar-refractivity contribution in [3.8, 4) is 17.2 Å². The van der Waals surface area contributed by atoms with Gasteiger partial charge in [-0.15, -0.1) is 0 Å². The van der Waals surface area contributed by atoms with Crippen molar-refractivity contribution >= 4 is 0 Å². The van der Waals surface area contributed by atoms with Crippen molar-refractivity contribution in [3.63, 3.8) is 0 Å². The van der Waals surface area contributed by atoms with Crippen LogP contribution in [0.4, 0.5) is 0 Å². The molecule has 4 heteroatoms. The first-order valence-corrected chi connectivity index (χ1v) is 5.85. The zero-order valence-electron chi connectivity index (χ0n) is 11.0. The first-order valence-electron chi connectivity index (χ1n) is 5.85. The van der Waals surface area contributed by atoms with Gasteiger partial charge in [-0.25, -0.2) is 0 Å². The highest BCUT2D eigenvalue weighted by Gasteiger charge is 2.13. The zero-order chi connectivity index (χ0) is 12.7. The molecule has 0 aliphatic heterocycles. The Balaban J connectivity index is 3.05. The minimum absolute atomic E-state index is 0.583. The highest BCUT2D eigenvalue weighted by Crippen LogP contribution is 2.38. The summed E-state index contributed by atoms with van der Waals surface area (Å²) in [5, 5.41) is 3.27. The van der Waals surface area contributed by atoms with Crippen LogP contribution in [-0.2, 0) is 6.54 Å². The highest BCUT2D eigenvalue weighted by atomic mass is 16.5. The average Bonchev–Trinajstić information content (AvgIpc) is 2.37. The monoisotopic (exact) mass is 239 g/mol. The van der Waals surface area contributed by atoms with Crippen LogP contribution in [0.5, 0.6) is 17.2 Å². The summed E-state index contributed by atoms with van der Waals surface area (Å²) in [5.74, 6) is 2.08. The molecule has 96 valence electrons. The number of methoxy groups -OCH3 is 2. The molecular formula is C13H21NO3. The lowest BCUT2D eigenvalue weighted by Crippen LogP contribution is -2.12. The van der Waals surface area contributed by atoms with E-state index >= 15 is 0 Å². The van der Waals surface area contributed by atoms with Crippen LogP contribution in [0.25, 0.3) is 0 Å². The molecule has 0 saturated heterocycles. The Morgan fingerprint density at radius 1 is 1.06 bits per heavy atom. The fourth-order valence-electron chi connectivity index (χ4n) is 1.59. The van der Waals surface area contributed by atoms with Crippen molar-refractivity contribution in [3.05, 3.63) is 17.7 Å². The van der Waals surface area contributed by atoms with E-state index in [1.54, 1.807) is 14.2 Å². The van der Waals surface area contributed by atoms with Crippen LogP contribution in [0, 0.1) is 0 Å². The fraction of sp³-hybridized carbons (Fsp3) is 0.538. The largest absolute Gasteiger partial charge is 0.493 e. The van der Waals surface area contributed by atoms with Crippen LogP contribution in [0.1, 0.15) is 19.4 Å². The molecule has 4 nitrogen and oxygen atoms in total. The third kappa shape index (κ3) is 3.53. The maximum Gasteiger partial charge on any atom is 0.203 e. The lowest BCUT2D eigenvalue weighted by molar-refractivity contribution is 0.288. The summed E-state index contributed by atoms with van der Waals surface area (Å²) in [5.41, 5.74) is 1.11. The van der Waals surface area contributed by atoms with Crippen molar-refractivity contribution < 1.29 is 14.2 Å². The molecule has 1 aromatic rings. The van der Waals surface area contributed by atoms with Gasteiger partial charge in [0.05, 0.1) is 20.8 Å². The zero-order valence-corrected chi connectivity index (χ0v) is 11.0. The molecule has 1 N–H and O–H groups in total. The van der Waals surface area contributed by atoms with Gasteiger partial charge in [0.1, 0.15) is 0 Å². The summed E-state index contributed by atoms with van der Waals surface area (Å²) in [6.07, 6.45) is 0. The van der Waals surface area contributed by atoms with Crippen molar-refractivity contribution in [1.29, 1.82) is 0 Å². The van der Waals surface area contributed by atoms with Gasteiger partial charge in [-0.2, -0.15) is 0 Å². The quantitative estimate of drug-likeness (QED) is 0.792. The molecule has 1 aromatic carbocycles. The summed E-state index contributed by atoms with van der Waals surface area (Å²) in [7, 11) is 3.27. The van der Waals surface area contributed by atoms with Gasteiger partial charge in [0.15, 0.2) is 11.5 Å². The topological polar surface area (TPSA) is 39.7 Å². The second kappa shape index (κ2) is 7.01. The van der Waals surface area contributed by atoms with E-state index in [0.717, 1.165) is 18.7 Å². The van der Waals surface area contributed by atoms with E-state index in [1.807, 2.05) is 19.1 Å². The Kier molecular flexibility index (Phi) is 5.63. The molecule has 0 amide bonds. The van der Waals surface area contributed by atoms with Gasteiger partial charge in [0.2, 0.25) is 5.75 Å². The molecule has 0 unspecified atom stereocenters. The third-order valence-electron chi connectivity index (χ3n) is 2.39. The molecule has 17 heavy (non-hydrogen) atoms. The molecule has 0 aliphatic rings. The van der Waals surface area contributed by atoms with E-state index < -0.39 is 0 Å². The molecule has 0 bridgehead atoms. The summed E-state index contributed by atoms with van der Waals surface area (Å²) in [6.45, 7) is 6.31. The van der Waals surface area contributed by atoms with Crippen LogP contribution >= 0.6 is 0 Å². The normalized spacial score (nSPS) is 10.1. The third-order valence-corrected chi connectivity index (χ3v) is 2.39. The van der Waals surface area contributed by atoms with Gasteiger partial charge in [0, 0.05) is 6.54 Å². The molecule has 0 radical (unpaired) electrons. The molecule has 1 rings (SSSR count). The van der Waals surface area contributed by atoms with Crippen molar-refractivity contribution in [1.82, 2.24) is 5.32 Å². The number of ether oxygens (including phenoxy) is 3. The van der Waals surface area contributed by atoms with Gasteiger partial charge in [-0.3, -0.25) is 0 Å². The highest BCUT2D eigenvalue weighted by molar-refractivity contribution is 5.53. The van der Waals surface area contributed by atoms with E-state index in [1.165, 1.54) is 0 Å². The van der Waals surface area contributed by atoms with Crippen LogP contribution in [0.2, 0.25) is 0 Å². The first-order chi connectivity index (χ1) is 8.26. The number of benzene rings is 1. The molecule has 0 saturated carbocycles. The smallest absolute Gasteiger partial charge is 0.203 e. The second-order valence-corrected chi connectivity index (χ2v) is 3.54. The molecule has 0 aliphatic carbocycles. The summed E-state index contributed by atoms with van der Waals surface area (Å²) >= 11 is 0. The van der Waals surface area contributed by atoms with E-state index in [4.69, 9.17) is 14.2 Å². The Morgan fingerprint density at radius 3 is 2.06 bits per heavy atom. The lowest BCUT2D eigenvalue weighted by Gasteiger charge is -2.15. The maximum absolute atomic E-state index is 5.54. The summed E-state index contributed by atoms with van der Waals surface area (Å²) in [4.78, 5) is 0. The Labute approximate surface area is 103 Å². The minimum Gasteiger partial charge on any atom is -0.493 e. The van der Waals surface area contributed by atoms with Crippen LogP contribution in [0.15, 0.2) is 12.1 Å². The molecule has 0 fully saturated rings. The Hall–Kier alpha value is -1.42. The van der Waals surface area contributed by atoms with Gasteiger partial charge in [-0.1, -0.05) is 6.92 Å². The van der Waals surface area contributed by atoms with Crippen LogP contribution < -0.4 is 19.5 Å². The average molecular weight is 239 g/mol. The predicted molar refractivity (Wildman–Crippen MR) is 68.1 cm³/mol. The number of hydrogen-bond donors (Lipinski definition) is 1. The molecule has 0 heterocycles. The van der Waals surface area contributed by atoms with E-state index in [9.17, 15) is 0 Å². The van der Waals surface area contributed by atoms with E-state index in [2.05, 4.69) is 12.2 Å². The van der Waals surface area contributed by atoms with E-state index in [-0.39, 0.29) is 0 Å². The summed E-state index contributed by atoms with van der Waals surface area (Å²) in [6, 6.07) is 3.94. The molecule has 0 aromatic heterocycles. The fourth-order valence-corrected chi connectivity index (χ4v) is 1.59. The minimum atomic E-state index is 0.583. The predicted octanol–water partition coefficient (Wildman–Crippen LogP) is 2.21. The Morgan fingerprint density at radius 2 is 1.65 bits per heavy atom. The van der Waals surface area contributed by atoms with Crippen molar-refractivity contribution in [2.75, 3.05) is 27.4 Å². The standard InChI is InChI=1S/C13H21NO3/c1-5-14-9-10-7-11(15-3)13(17-6-2)12(8-10)16-4/h7-8,14H,5-6,9H2,1-4H3. The van der Waals surface area contributed by atoms with Crippen LogP contribution in [0.3, 0.4) is 0 Å². The molecular weight excluding hydrogens is 218 g/mol. The molecule has 0 atom stereocenters.